The molecule has 0 bridgehead atoms. The first kappa shape index (κ1) is 16.6. The van der Waals surface area contributed by atoms with Gasteiger partial charge in [0.05, 0.1) is 22.3 Å². The van der Waals surface area contributed by atoms with Gasteiger partial charge in [-0.15, -0.1) is 0 Å². The smallest absolute Gasteiger partial charge is 0.146 e. The molecule has 0 atom stereocenters. The van der Waals surface area contributed by atoms with E-state index in [9.17, 15) is 4.79 Å². The zero-order valence-corrected chi connectivity index (χ0v) is 14.4. The summed E-state index contributed by atoms with van der Waals surface area (Å²) in [7, 11) is 0. The number of halogens is 1. The van der Waals surface area contributed by atoms with Crippen molar-refractivity contribution in [3.63, 3.8) is 0 Å². The molecule has 2 rings (SSSR count). The van der Waals surface area contributed by atoms with Crippen LogP contribution in [0, 0.1) is 5.41 Å². The number of aryl methyl sites for hydroxylation is 2. The average molecular weight is 358 g/mol. The molecular formula is C15H24BrN3O2. The van der Waals surface area contributed by atoms with E-state index in [1.165, 1.54) is 0 Å². The molecule has 1 aromatic heterocycles. The first-order chi connectivity index (χ1) is 10.1. The Balaban J connectivity index is 2.24. The molecule has 1 fully saturated rings. The highest BCUT2D eigenvalue weighted by atomic mass is 79.9. The molecule has 21 heavy (non-hydrogen) atoms. The van der Waals surface area contributed by atoms with Gasteiger partial charge in [0.2, 0.25) is 0 Å². The zero-order valence-electron chi connectivity index (χ0n) is 12.8. The molecule has 0 radical (unpaired) electrons. The molecule has 2 N–H and O–H groups in total. The van der Waals surface area contributed by atoms with Gasteiger partial charge < -0.3 is 10.5 Å². The summed E-state index contributed by atoms with van der Waals surface area (Å²) in [6.07, 6.45) is 2.69. The third-order valence-corrected chi connectivity index (χ3v) is 5.37. The minimum atomic E-state index is -0.424. The SMILES string of the molecule is CCc1nn(CC)c(CC(=O)C2(CN)CCOCC2)c1Br. The van der Waals surface area contributed by atoms with E-state index < -0.39 is 5.41 Å². The van der Waals surface area contributed by atoms with Gasteiger partial charge >= 0.3 is 0 Å². The van der Waals surface area contributed by atoms with E-state index in [4.69, 9.17) is 10.5 Å². The summed E-state index contributed by atoms with van der Waals surface area (Å²) in [6.45, 7) is 6.51. The second-order valence-corrected chi connectivity index (χ2v) is 6.37. The van der Waals surface area contributed by atoms with Crippen molar-refractivity contribution in [1.82, 2.24) is 9.78 Å². The summed E-state index contributed by atoms with van der Waals surface area (Å²) < 4.78 is 8.28. The van der Waals surface area contributed by atoms with Gasteiger partial charge in [0, 0.05) is 31.7 Å². The van der Waals surface area contributed by atoms with E-state index in [1.807, 2.05) is 11.6 Å². The van der Waals surface area contributed by atoms with E-state index in [2.05, 4.69) is 28.0 Å². The molecule has 0 aliphatic carbocycles. The third-order valence-electron chi connectivity index (χ3n) is 4.45. The highest BCUT2D eigenvalue weighted by Crippen LogP contribution is 2.33. The van der Waals surface area contributed by atoms with Gasteiger partial charge in [-0.1, -0.05) is 6.92 Å². The molecule has 0 aromatic carbocycles. The lowest BCUT2D eigenvalue weighted by Crippen LogP contribution is -2.44. The third kappa shape index (κ3) is 3.22. The van der Waals surface area contributed by atoms with Crippen LogP contribution in [0.3, 0.4) is 0 Å². The molecule has 0 amide bonds. The van der Waals surface area contributed by atoms with Crippen LogP contribution in [0.2, 0.25) is 0 Å². The van der Waals surface area contributed by atoms with Crippen molar-refractivity contribution in [2.24, 2.45) is 11.1 Å². The van der Waals surface area contributed by atoms with Crippen LogP contribution in [0.5, 0.6) is 0 Å². The Morgan fingerprint density at radius 2 is 2.10 bits per heavy atom. The van der Waals surface area contributed by atoms with Gasteiger partial charge in [-0.3, -0.25) is 9.48 Å². The van der Waals surface area contributed by atoms with E-state index in [-0.39, 0.29) is 5.78 Å². The average Bonchev–Trinajstić information content (AvgIpc) is 2.83. The molecule has 1 saturated heterocycles. The summed E-state index contributed by atoms with van der Waals surface area (Å²) in [4.78, 5) is 12.8. The van der Waals surface area contributed by atoms with Crippen molar-refractivity contribution in [1.29, 1.82) is 0 Å². The van der Waals surface area contributed by atoms with Crippen LogP contribution < -0.4 is 5.73 Å². The molecule has 1 aliphatic heterocycles. The lowest BCUT2D eigenvalue weighted by Gasteiger charge is -2.34. The van der Waals surface area contributed by atoms with Gasteiger partial charge in [0.15, 0.2) is 0 Å². The molecule has 118 valence electrons. The maximum Gasteiger partial charge on any atom is 0.146 e. The lowest BCUT2D eigenvalue weighted by atomic mass is 9.75. The number of ketones is 1. The van der Waals surface area contributed by atoms with Gasteiger partial charge in [-0.25, -0.2) is 0 Å². The molecular weight excluding hydrogens is 334 g/mol. The summed E-state index contributed by atoms with van der Waals surface area (Å²) >= 11 is 3.60. The van der Waals surface area contributed by atoms with Crippen molar-refractivity contribution >= 4 is 21.7 Å². The predicted octanol–water partition coefficient (Wildman–Crippen LogP) is 2.09. The van der Waals surface area contributed by atoms with Gasteiger partial charge in [-0.05, 0) is 42.1 Å². The van der Waals surface area contributed by atoms with Gasteiger partial charge in [-0.2, -0.15) is 5.10 Å². The highest BCUT2D eigenvalue weighted by Gasteiger charge is 2.39. The summed E-state index contributed by atoms with van der Waals surface area (Å²) in [5.74, 6) is 0.214. The number of hydrogen-bond acceptors (Lipinski definition) is 4. The lowest BCUT2D eigenvalue weighted by molar-refractivity contribution is -0.133. The topological polar surface area (TPSA) is 70.1 Å². The molecule has 5 nitrogen and oxygen atoms in total. The number of rotatable bonds is 6. The summed E-state index contributed by atoms with van der Waals surface area (Å²) in [5.41, 5.74) is 7.48. The van der Waals surface area contributed by atoms with Gasteiger partial charge in [0.25, 0.3) is 0 Å². The first-order valence-corrected chi connectivity index (χ1v) is 8.42. The van der Waals surface area contributed by atoms with E-state index >= 15 is 0 Å². The minimum absolute atomic E-state index is 0.214. The first-order valence-electron chi connectivity index (χ1n) is 7.63. The number of hydrogen-bond donors (Lipinski definition) is 1. The number of carbonyl (C=O) groups is 1. The fourth-order valence-corrected chi connectivity index (χ4v) is 3.59. The standard InChI is InChI=1S/C15H24BrN3O2/c1-3-11-14(16)12(19(4-2)18-11)9-13(20)15(10-17)5-7-21-8-6-15/h3-10,17H2,1-2H3. The Labute approximate surface area is 134 Å². The molecule has 6 heteroatoms. The normalized spacial score (nSPS) is 17.9. The van der Waals surface area contributed by atoms with Gasteiger partial charge in [0.1, 0.15) is 5.78 Å². The van der Waals surface area contributed by atoms with Crippen molar-refractivity contribution in [3.05, 3.63) is 15.9 Å². The molecule has 1 aromatic rings. The van der Waals surface area contributed by atoms with Crippen molar-refractivity contribution in [2.45, 2.75) is 46.1 Å². The monoisotopic (exact) mass is 357 g/mol. The maximum absolute atomic E-state index is 12.8. The van der Waals surface area contributed by atoms with Crippen molar-refractivity contribution in [2.75, 3.05) is 19.8 Å². The highest BCUT2D eigenvalue weighted by molar-refractivity contribution is 9.10. The van der Waals surface area contributed by atoms with Crippen LogP contribution in [0.1, 0.15) is 38.1 Å². The van der Waals surface area contributed by atoms with E-state index in [0.717, 1.165) is 41.7 Å². The van der Waals surface area contributed by atoms with Crippen LogP contribution in [0.15, 0.2) is 4.47 Å². The van der Waals surface area contributed by atoms with Crippen molar-refractivity contribution < 1.29 is 9.53 Å². The Bertz CT molecular complexity index is 507. The second kappa shape index (κ2) is 7.03. The van der Waals surface area contributed by atoms with Crippen molar-refractivity contribution in [3.8, 4) is 0 Å². The Morgan fingerprint density at radius 3 is 2.62 bits per heavy atom. The molecule has 0 unspecified atom stereocenters. The largest absolute Gasteiger partial charge is 0.381 e. The number of Topliss-reactive ketones (excluding diaryl/α,β-unsaturated/α-hetero) is 1. The van der Waals surface area contributed by atoms with Crippen LogP contribution in [0.25, 0.3) is 0 Å². The Hall–Kier alpha value is -0.720. The molecule has 0 spiro atoms. The Kier molecular flexibility index (Phi) is 5.57. The number of nitrogens with two attached hydrogens (primary N) is 1. The maximum atomic E-state index is 12.8. The van der Waals surface area contributed by atoms with Crippen LogP contribution >= 0.6 is 15.9 Å². The fraction of sp³-hybridized carbons (Fsp3) is 0.733. The number of nitrogens with zero attached hydrogens (tertiary/aromatic N) is 2. The Morgan fingerprint density at radius 1 is 1.43 bits per heavy atom. The summed E-state index contributed by atoms with van der Waals surface area (Å²) in [6, 6.07) is 0. The number of carbonyl (C=O) groups excluding carboxylic acids is 1. The quantitative estimate of drug-likeness (QED) is 0.846. The predicted molar refractivity (Wildman–Crippen MR) is 85.2 cm³/mol. The van der Waals surface area contributed by atoms with Crippen LogP contribution in [-0.4, -0.2) is 35.3 Å². The number of aromatic nitrogens is 2. The van der Waals surface area contributed by atoms with E-state index in [0.29, 0.717) is 26.2 Å². The fourth-order valence-electron chi connectivity index (χ4n) is 2.88. The number of ether oxygens (including phenoxy) is 1. The van der Waals surface area contributed by atoms with E-state index in [1.54, 1.807) is 0 Å². The zero-order chi connectivity index (χ0) is 15.5. The molecule has 1 aliphatic rings. The second-order valence-electron chi connectivity index (χ2n) is 5.57. The molecule has 2 heterocycles. The van der Waals surface area contributed by atoms with Crippen LogP contribution in [0.4, 0.5) is 0 Å². The minimum Gasteiger partial charge on any atom is -0.381 e. The summed E-state index contributed by atoms with van der Waals surface area (Å²) in [5, 5.41) is 4.56. The van der Waals surface area contributed by atoms with Crippen LogP contribution in [-0.2, 0) is 28.9 Å². The molecule has 0 saturated carbocycles.